The number of ether oxygens (including phenoxy) is 1. The summed E-state index contributed by atoms with van der Waals surface area (Å²) in [5.74, 6) is 0.609. The first-order chi connectivity index (χ1) is 8.22. The molecule has 0 saturated heterocycles. The Morgan fingerprint density at radius 1 is 1.59 bits per heavy atom. The van der Waals surface area contributed by atoms with Crippen molar-refractivity contribution in [3.63, 3.8) is 0 Å². The molecule has 0 bridgehead atoms. The Balaban J connectivity index is 2.48. The summed E-state index contributed by atoms with van der Waals surface area (Å²) >= 11 is 3.35. The number of aliphatic hydroxyl groups is 1. The molecule has 88 valence electrons. The van der Waals surface area contributed by atoms with Crippen LogP contribution >= 0.6 is 15.9 Å². The smallest absolute Gasteiger partial charge is 0.251 e. The second-order valence-corrected chi connectivity index (χ2v) is 4.71. The molecule has 0 aliphatic carbocycles. The maximum Gasteiger partial charge on any atom is 0.251 e. The van der Waals surface area contributed by atoms with Crippen molar-refractivity contribution >= 4 is 27.0 Å². The number of aromatic nitrogens is 2. The minimum Gasteiger partial charge on any atom is -0.488 e. The standard InChI is InChI=1S/C11H9BrN2O3/c12-7-3-13-8-1-2-9(16)14-6(4-15)5-17-11(7)10(8)14/h1-3,6,15H,4-5H2/t6-/m1/s1. The molecule has 0 unspecified atom stereocenters. The normalized spacial score (nSPS) is 18.1. The third-order valence-electron chi connectivity index (χ3n) is 2.85. The molecule has 5 nitrogen and oxygen atoms in total. The molecule has 3 rings (SSSR count). The average molecular weight is 297 g/mol. The topological polar surface area (TPSA) is 64.4 Å². The molecule has 1 N–H and O–H groups in total. The van der Waals surface area contributed by atoms with Crippen molar-refractivity contribution in [3.8, 4) is 5.75 Å². The molecule has 2 aromatic heterocycles. The van der Waals surface area contributed by atoms with Gasteiger partial charge in [-0.05, 0) is 22.0 Å². The van der Waals surface area contributed by atoms with Gasteiger partial charge in [-0.3, -0.25) is 14.3 Å². The van der Waals surface area contributed by atoms with E-state index >= 15 is 0 Å². The lowest BCUT2D eigenvalue weighted by molar-refractivity contribution is 0.156. The molecule has 0 amide bonds. The Kier molecular flexibility index (Phi) is 2.41. The van der Waals surface area contributed by atoms with E-state index in [1.165, 1.54) is 6.07 Å². The van der Waals surface area contributed by atoms with Crippen LogP contribution in [0.1, 0.15) is 6.04 Å². The molecule has 1 atom stereocenters. The highest BCUT2D eigenvalue weighted by Gasteiger charge is 2.24. The Bertz CT molecular complexity index is 653. The molecular weight excluding hydrogens is 288 g/mol. The van der Waals surface area contributed by atoms with Gasteiger partial charge in [-0.1, -0.05) is 0 Å². The van der Waals surface area contributed by atoms with Crippen LogP contribution < -0.4 is 10.3 Å². The number of pyridine rings is 2. The number of rotatable bonds is 1. The first-order valence-electron chi connectivity index (χ1n) is 5.16. The van der Waals surface area contributed by atoms with E-state index in [2.05, 4.69) is 20.9 Å². The van der Waals surface area contributed by atoms with Crippen LogP contribution in [0.15, 0.2) is 27.6 Å². The van der Waals surface area contributed by atoms with Gasteiger partial charge in [-0.15, -0.1) is 0 Å². The number of nitrogens with zero attached hydrogens (tertiary/aromatic N) is 2. The van der Waals surface area contributed by atoms with Crippen molar-refractivity contribution < 1.29 is 9.84 Å². The molecule has 1 aliphatic heterocycles. The number of halogens is 1. The number of hydrogen-bond acceptors (Lipinski definition) is 4. The zero-order valence-corrected chi connectivity index (χ0v) is 10.3. The average Bonchev–Trinajstić information content (AvgIpc) is 2.36. The molecule has 2 aromatic rings. The van der Waals surface area contributed by atoms with Gasteiger partial charge in [-0.25, -0.2) is 0 Å². The SMILES string of the molecule is O=c1ccc2ncc(Br)c3c2n1[C@H](CO)CO3. The summed E-state index contributed by atoms with van der Waals surface area (Å²) in [4.78, 5) is 16.1. The van der Waals surface area contributed by atoms with Crippen molar-refractivity contribution in [2.24, 2.45) is 0 Å². The number of hydrogen-bond donors (Lipinski definition) is 1. The van der Waals surface area contributed by atoms with E-state index in [1.54, 1.807) is 16.8 Å². The summed E-state index contributed by atoms with van der Waals surface area (Å²) in [5, 5.41) is 9.29. The predicted octanol–water partition coefficient (Wildman–Crippen LogP) is 1.08. The largest absolute Gasteiger partial charge is 0.488 e. The molecule has 0 fully saturated rings. The van der Waals surface area contributed by atoms with Crippen molar-refractivity contribution in [1.29, 1.82) is 0 Å². The summed E-state index contributed by atoms with van der Waals surface area (Å²) in [7, 11) is 0. The van der Waals surface area contributed by atoms with Gasteiger partial charge in [0.05, 0.1) is 22.6 Å². The monoisotopic (exact) mass is 296 g/mol. The second kappa shape index (κ2) is 3.82. The highest BCUT2D eigenvalue weighted by Crippen LogP contribution is 2.35. The van der Waals surface area contributed by atoms with Crippen molar-refractivity contribution in [3.05, 3.63) is 33.2 Å². The van der Waals surface area contributed by atoms with Crippen LogP contribution in [0.2, 0.25) is 0 Å². The maximum absolute atomic E-state index is 11.9. The first-order valence-corrected chi connectivity index (χ1v) is 5.95. The summed E-state index contributed by atoms with van der Waals surface area (Å²) in [6.45, 7) is 0.149. The van der Waals surface area contributed by atoms with Gasteiger partial charge < -0.3 is 9.84 Å². The van der Waals surface area contributed by atoms with Crippen LogP contribution in [-0.4, -0.2) is 27.9 Å². The summed E-state index contributed by atoms with van der Waals surface area (Å²) in [5.41, 5.74) is 1.17. The van der Waals surface area contributed by atoms with E-state index in [-0.39, 0.29) is 24.8 Å². The summed E-state index contributed by atoms with van der Waals surface area (Å²) in [6, 6.07) is 2.77. The van der Waals surface area contributed by atoms with Gasteiger partial charge in [0, 0.05) is 12.3 Å². The van der Waals surface area contributed by atoms with Gasteiger partial charge in [-0.2, -0.15) is 0 Å². The third-order valence-corrected chi connectivity index (χ3v) is 3.41. The Hall–Kier alpha value is -1.40. The fraction of sp³-hybridized carbons (Fsp3) is 0.273. The molecule has 0 aromatic carbocycles. The molecule has 17 heavy (non-hydrogen) atoms. The Morgan fingerprint density at radius 2 is 2.41 bits per heavy atom. The Labute approximate surface area is 105 Å². The lowest BCUT2D eigenvalue weighted by Gasteiger charge is -2.26. The summed E-state index contributed by atoms with van der Waals surface area (Å²) < 4.78 is 7.83. The molecule has 0 radical (unpaired) electrons. The van der Waals surface area contributed by atoms with Gasteiger partial charge >= 0.3 is 0 Å². The highest BCUT2D eigenvalue weighted by molar-refractivity contribution is 9.10. The Morgan fingerprint density at radius 3 is 3.18 bits per heavy atom. The van der Waals surface area contributed by atoms with Crippen LogP contribution in [0, 0.1) is 0 Å². The van der Waals surface area contributed by atoms with Crippen LogP contribution in [0.25, 0.3) is 11.0 Å². The molecule has 3 heterocycles. The molecule has 0 saturated carbocycles. The van der Waals surface area contributed by atoms with E-state index in [4.69, 9.17) is 4.74 Å². The highest BCUT2D eigenvalue weighted by atomic mass is 79.9. The van der Waals surface area contributed by atoms with Crippen molar-refractivity contribution in [1.82, 2.24) is 9.55 Å². The van der Waals surface area contributed by atoms with Crippen molar-refractivity contribution in [2.45, 2.75) is 6.04 Å². The van der Waals surface area contributed by atoms with Crippen LogP contribution in [0.4, 0.5) is 0 Å². The fourth-order valence-electron chi connectivity index (χ4n) is 2.06. The zero-order chi connectivity index (χ0) is 12.0. The molecule has 1 aliphatic rings. The van der Waals surface area contributed by atoms with E-state index in [0.29, 0.717) is 21.3 Å². The second-order valence-electron chi connectivity index (χ2n) is 3.86. The minimum absolute atomic E-state index is 0.134. The van der Waals surface area contributed by atoms with E-state index in [9.17, 15) is 9.90 Å². The predicted molar refractivity (Wildman–Crippen MR) is 65.3 cm³/mol. The summed E-state index contributed by atoms with van der Waals surface area (Å²) in [6.07, 6.45) is 1.64. The van der Waals surface area contributed by atoms with E-state index < -0.39 is 0 Å². The van der Waals surface area contributed by atoms with Gasteiger partial charge in [0.1, 0.15) is 12.1 Å². The molecular formula is C11H9BrN2O3. The molecule has 6 heteroatoms. The van der Waals surface area contributed by atoms with Crippen LogP contribution in [0.3, 0.4) is 0 Å². The maximum atomic E-state index is 11.9. The lowest BCUT2D eigenvalue weighted by Crippen LogP contribution is -2.34. The van der Waals surface area contributed by atoms with Gasteiger partial charge in [0.25, 0.3) is 5.56 Å². The minimum atomic E-state index is -0.352. The molecule has 0 spiro atoms. The third kappa shape index (κ3) is 1.48. The van der Waals surface area contributed by atoms with Crippen molar-refractivity contribution in [2.75, 3.05) is 13.2 Å². The zero-order valence-electron chi connectivity index (χ0n) is 8.76. The van der Waals surface area contributed by atoms with Crippen LogP contribution in [-0.2, 0) is 0 Å². The fourth-order valence-corrected chi connectivity index (χ4v) is 2.46. The lowest BCUT2D eigenvalue weighted by atomic mass is 10.2. The number of aliphatic hydroxyl groups excluding tert-OH is 1. The van der Waals surface area contributed by atoms with E-state index in [0.717, 1.165) is 0 Å². The van der Waals surface area contributed by atoms with E-state index in [1.807, 2.05) is 0 Å². The van der Waals surface area contributed by atoms with Gasteiger partial charge in [0.15, 0.2) is 5.75 Å². The first kappa shape index (κ1) is 10.7. The van der Waals surface area contributed by atoms with Gasteiger partial charge in [0.2, 0.25) is 0 Å². The van der Waals surface area contributed by atoms with Crippen LogP contribution in [0.5, 0.6) is 5.75 Å². The quantitative estimate of drug-likeness (QED) is 0.855.